The van der Waals surface area contributed by atoms with Crippen LogP contribution in [-0.2, 0) is 4.79 Å². The van der Waals surface area contributed by atoms with E-state index in [1.165, 1.54) is 6.20 Å². The predicted octanol–water partition coefficient (Wildman–Crippen LogP) is 2.07. The molecule has 24 heavy (non-hydrogen) atoms. The summed E-state index contributed by atoms with van der Waals surface area (Å²) in [6, 6.07) is 9.53. The molecule has 0 aliphatic carbocycles. The normalized spacial score (nSPS) is 16.3. The van der Waals surface area contributed by atoms with Gasteiger partial charge in [0.15, 0.2) is 0 Å². The van der Waals surface area contributed by atoms with Crippen LogP contribution in [0.4, 0.5) is 5.69 Å². The number of nitrogens with one attached hydrogen (secondary N) is 1. The Labute approximate surface area is 143 Å². The van der Waals surface area contributed by atoms with Gasteiger partial charge in [-0.25, -0.2) is 0 Å². The van der Waals surface area contributed by atoms with Crippen LogP contribution in [0.25, 0.3) is 0 Å². The lowest BCUT2D eigenvalue weighted by molar-refractivity contribution is -0.128. The summed E-state index contributed by atoms with van der Waals surface area (Å²) in [5.41, 5.74) is 0.796. The molecule has 0 saturated carbocycles. The molecule has 1 aromatic carbocycles. The third-order valence-corrected chi connectivity index (χ3v) is 4.39. The molecule has 1 N–H and O–H groups in total. The summed E-state index contributed by atoms with van der Waals surface area (Å²) in [6.45, 7) is 1.93. The molecule has 1 saturated heterocycles. The Kier molecular flexibility index (Phi) is 6.21. The molecule has 1 fully saturated rings. The van der Waals surface area contributed by atoms with Crippen LogP contribution in [0.1, 0.15) is 12.8 Å². The number of likely N-dealkylation sites (N-methyl/N-ethyl adjacent to an activating group) is 1. The lowest BCUT2D eigenvalue weighted by atomic mass is 10.0. The van der Waals surface area contributed by atoms with E-state index in [1.54, 1.807) is 19.1 Å². The Hall–Kier alpha value is -2.52. The molecule has 2 rings (SSSR count). The Morgan fingerprint density at radius 2 is 2.08 bits per heavy atom. The smallest absolute Gasteiger partial charge is 0.266 e. The van der Waals surface area contributed by atoms with Crippen LogP contribution in [0.5, 0.6) is 5.75 Å². The Morgan fingerprint density at radius 1 is 1.42 bits per heavy atom. The number of carbonyl (C=O) groups is 1. The van der Waals surface area contributed by atoms with Crippen molar-refractivity contribution in [3.63, 3.8) is 0 Å². The maximum absolute atomic E-state index is 12.6. The number of benzene rings is 1. The molecule has 1 aliphatic rings. The van der Waals surface area contributed by atoms with Gasteiger partial charge in [0.2, 0.25) is 0 Å². The topological polar surface area (TPSA) is 68.6 Å². The van der Waals surface area contributed by atoms with Gasteiger partial charge in [0.05, 0.1) is 12.8 Å². The number of amides is 1. The molecule has 1 heterocycles. The molecule has 1 amide bonds. The number of nitriles is 1. The number of rotatable bonds is 5. The number of hydrogen-bond donors (Lipinski definition) is 1. The molecule has 0 aromatic heterocycles. The van der Waals surface area contributed by atoms with Gasteiger partial charge in [-0.05, 0) is 45.1 Å². The molecule has 1 aliphatic heterocycles. The fraction of sp³-hybridized carbons (Fsp3) is 0.444. The highest BCUT2D eigenvalue weighted by Crippen LogP contribution is 2.23. The zero-order valence-electron chi connectivity index (χ0n) is 14.5. The summed E-state index contributed by atoms with van der Waals surface area (Å²) in [7, 11) is 5.43. The van der Waals surface area contributed by atoms with Crippen molar-refractivity contribution in [2.24, 2.45) is 0 Å². The summed E-state index contributed by atoms with van der Waals surface area (Å²) in [5.74, 6) is 0.400. The van der Waals surface area contributed by atoms with Gasteiger partial charge < -0.3 is 19.9 Å². The minimum absolute atomic E-state index is 0.0855. The van der Waals surface area contributed by atoms with Crippen LogP contribution < -0.4 is 10.1 Å². The lowest BCUT2D eigenvalue weighted by Gasteiger charge is -2.35. The highest BCUT2D eigenvalue weighted by Gasteiger charge is 2.25. The molecule has 0 unspecified atom stereocenters. The summed E-state index contributed by atoms with van der Waals surface area (Å²) < 4.78 is 5.25. The Morgan fingerprint density at radius 3 is 2.71 bits per heavy atom. The van der Waals surface area contributed by atoms with E-state index in [9.17, 15) is 10.1 Å². The zero-order valence-corrected chi connectivity index (χ0v) is 14.5. The molecular weight excluding hydrogens is 304 g/mol. The fourth-order valence-electron chi connectivity index (χ4n) is 2.79. The molecular formula is C18H24N4O2. The van der Waals surface area contributed by atoms with Gasteiger partial charge in [-0.1, -0.05) is 12.1 Å². The minimum Gasteiger partial charge on any atom is -0.495 e. The number of likely N-dealkylation sites (tertiary alicyclic amines) is 1. The summed E-state index contributed by atoms with van der Waals surface area (Å²) >= 11 is 0. The molecule has 6 nitrogen and oxygen atoms in total. The first-order valence-electron chi connectivity index (χ1n) is 8.02. The second kappa shape index (κ2) is 8.37. The first kappa shape index (κ1) is 17.8. The molecule has 0 radical (unpaired) electrons. The third-order valence-electron chi connectivity index (χ3n) is 4.39. The quantitative estimate of drug-likeness (QED) is 0.662. The third kappa shape index (κ3) is 4.27. The minimum atomic E-state index is -0.255. The van der Waals surface area contributed by atoms with Gasteiger partial charge in [0.1, 0.15) is 17.4 Å². The van der Waals surface area contributed by atoms with Crippen molar-refractivity contribution in [3.05, 3.63) is 36.0 Å². The van der Waals surface area contributed by atoms with E-state index in [1.807, 2.05) is 30.3 Å². The lowest BCUT2D eigenvalue weighted by Crippen LogP contribution is -2.44. The van der Waals surface area contributed by atoms with Gasteiger partial charge in [-0.2, -0.15) is 5.26 Å². The van der Waals surface area contributed by atoms with Crippen molar-refractivity contribution in [1.29, 1.82) is 5.26 Å². The second-order valence-electron chi connectivity index (χ2n) is 5.96. The summed E-state index contributed by atoms with van der Waals surface area (Å²) in [5, 5.41) is 12.3. The molecule has 6 heteroatoms. The molecule has 1 aromatic rings. The standard InChI is InChI=1S/C18H24N4O2/c1-21-10-8-15(9-11-21)22(2)18(23)14(12-19)13-20-16-6-4-5-7-17(16)24-3/h4-7,13,15,20H,8-11H2,1-3H3/b14-13-. The number of nitrogens with zero attached hydrogens (tertiary/aromatic N) is 3. The second-order valence-corrected chi connectivity index (χ2v) is 5.96. The first-order valence-corrected chi connectivity index (χ1v) is 8.02. The number of methoxy groups -OCH3 is 1. The van der Waals surface area contributed by atoms with Crippen molar-refractivity contribution in [2.75, 3.05) is 39.6 Å². The van der Waals surface area contributed by atoms with E-state index in [-0.39, 0.29) is 17.5 Å². The summed E-state index contributed by atoms with van der Waals surface area (Å²) in [6.07, 6.45) is 3.31. The van der Waals surface area contributed by atoms with E-state index >= 15 is 0 Å². The summed E-state index contributed by atoms with van der Waals surface area (Å²) in [4.78, 5) is 16.5. The van der Waals surface area contributed by atoms with E-state index in [2.05, 4.69) is 17.3 Å². The average molecular weight is 328 g/mol. The van der Waals surface area contributed by atoms with Crippen LogP contribution in [0.2, 0.25) is 0 Å². The fourth-order valence-corrected chi connectivity index (χ4v) is 2.79. The van der Waals surface area contributed by atoms with Crippen molar-refractivity contribution in [2.45, 2.75) is 18.9 Å². The Bertz CT molecular complexity index is 643. The first-order chi connectivity index (χ1) is 11.6. The molecule has 0 atom stereocenters. The van der Waals surface area contributed by atoms with Crippen LogP contribution in [-0.4, -0.2) is 56.0 Å². The van der Waals surface area contributed by atoms with Gasteiger partial charge in [-0.15, -0.1) is 0 Å². The van der Waals surface area contributed by atoms with Gasteiger partial charge >= 0.3 is 0 Å². The number of hydrogen-bond acceptors (Lipinski definition) is 5. The van der Waals surface area contributed by atoms with E-state index < -0.39 is 0 Å². The molecule has 128 valence electrons. The van der Waals surface area contributed by atoms with Crippen molar-refractivity contribution in [1.82, 2.24) is 9.80 Å². The number of piperidine rings is 1. The maximum atomic E-state index is 12.6. The maximum Gasteiger partial charge on any atom is 0.266 e. The number of ether oxygens (including phenoxy) is 1. The molecule has 0 spiro atoms. The van der Waals surface area contributed by atoms with Gasteiger partial charge in [-0.3, -0.25) is 4.79 Å². The van der Waals surface area contributed by atoms with Crippen molar-refractivity contribution >= 4 is 11.6 Å². The number of para-hydroxylation sites is 2. The highest BCUT2D eigenvalue weighted by molar-refractivity contribution is 5.97. The van der Waals surface area contributed by atoms with E-state index in [0.717, 1.165) is 25.9 Å². The van der Waals surface area contributed by atoms with E-state index in [0.29, 0.717) is 11.4 Å². The van der Waals surface area contributed by atoms with Crippen LogP contribution in [0.15, 0.2) is 36.0 Å². The van der Waals surface area contributed by atoms with Crippen LogP contribution in [0, 0.1) is 11.3 Å². The average Bonchev–Trinajstić information content (AvgIpc) is 2.62. The van der Waals surface area contributed by atoms with Crippen LogP contribution in [0.3, 0.4) is 0 Å². The SMILES string of the molecule is COc1ccccc1N/C=C(/C#N)C(=O)N(C)C1CCN(C)CC1. The van der Waals surface area contributed by atoms with Crippen molar-refractivity contribution < 1.29 is 9.53 Å². The Balaban J connectivity index is 2.06. The highest BCUT2D eigenvalue weighted by atomic mass is 16.5. The predicted molar refractivity (Wildman–Crippen MR) is 93.6 cm³/mol. The monoisotopic (exact) mass is 328 g/mol. The number of anilines is 1. The van der Waals surface area contributed by atoms with Crippen LogP contribution >= 0.6 is 0 Å². The zero-order chi connectivity index (χ0) is 17.5. The van der Waals surface area contributed by atoms with Gasteiger partial charge in [0.25, 0.3) is 5.91 Å². The van der Waals surface area contributed by atoms with E-state index in [4.69, 9.17) is 4.74 Å². The molecule has 0 bridgehead atoms. The largest absolute Gasteiger partial charge is 0.495 e. The van der Waals surface area contributed by atoms with Crippen molar-refractivity contribution in [3.8, 4) is 11.8 Å². The van der Waals surface area contributed by atoms with Gasteiger partial charge in [0, 0.05) is 19.3 Å². The number of carbonyl (C=O) groups excluding carboxylic acids is 1.